The molecular formula is C9H7ClFN3. The Balaban J connectivity index is 2.22. The first kappa shape index (κ1) is 9.02. The maximum atomic E-state index is 12.8. The van der Waals surface area contributed by atoms with E-state index in [9.17, 15) is 4.39 Å². The van der Waals surface area contributed by atoms with Gasteiger partial charge in [-0.15, -0.1) is 0 Å². The molecule has 0 saturated carbocycles. The van der Waals surface area contributed by atoms with Gasteiger partial charge in [0.1, 0.15) is 11.6 Å². The minimum absolute atomic E-state index is 0.0921. The summed E-state index contributed by atoms with van der Waals surface area (Å²) in [6.45, 7) is 0. The Morgan fingerprint density at radius 2 is 2.29 bits per heavy atom. The molecule has 2 N–H and O–H groups in total. The van der Waals surface area contributed by atoms with Crippen molar-refractivity contribution in [2.45, 2.75) is 0 Å². The lowest BCUT2D eigenvalue weighted by molar-refractivity contribution is 0.628. The highest BCUT2D eigenvalue weighted by molar-refractivity contribution is 6.31. The molecule has 0 amide bonds. The molecule has 0 radical (unpaired) electrons. The molecule has 2 aromatic rings. The zero-order chi connectivity index (χ0) is 9.97. The zero-order valence-electron chi connectivity index (χ0n) is 7.09. The van der Waals surface area contributed by atoms with Crippen molar-refractivity contribution < 1.29 is 4.39 Å². The molecule has 0 bridgehead atoms. The van der Waals surface area contributed by atoms with E-state index in [0.29, 0.717) is 5.69 Å². The van der Waals surface area contributed by atoms with Gasteiger partial charge in [-0.25, -0.2) is 9.37 Å². The highest BCUT2D eigenvalue weighted by Crippen LogP contribution is 2.21. The molecule has 0 aliphatic heterocycles. The van der Waals surface area contributed by atoms with Crippen LogP contribution in [0.5, 0.6) is 0 Å². The number of hydrogen-bond donors (Lipinski definition) is 2. The van der Waals surface area contributed by atoms with E-state index in [-0.39, 0.29) is 5.02 Å². The van der Waals surface area contributed by atoms with Crippen LogP contribution in [0.4, 0.5) is 15.9 Å². The number of H-pyrrole nitrogens is 1. The van der Waals surface area contributed by atoms with Gasteiger partial charge in [0, 0.05) is 5.69 Å². The average molecular weight is 212 g/mol. The van der Waals surface area contributed by atoms with E-state index in [1.165, 1.54) is 12.1 Å². The molecule has 1 heterocycles. The van der Waals surface area contributed by atoms with E-state index in [2.05, 4.69) is 15.3 Å². The Bertz CT molecular complexity index is 428. The molecule has 14 heavy (non-hydrogen) atoms. The molecule has 5 heteroatoms. The van der Waals surface area contributed by atoms with Crippen molar-refractivity contribution in [1.82, 2.24) is 9.97 Å². The van der Waals surface area contributed by atoms with Crippen LogP contribution in [0.25, 0.3) is 0 Å². The molecule has 0 fully saturated rings. The summed E-state index contributed by atoms with van der Waals surface area (Å²) in [5, 5.41) is 3.07. The molecule has 0 aliphatic rings. The van der Waals surface area contributed by atoms with Crippen LogP contribution < -0.4 is 5.32 Å². The van der Waals surface area contributed by atoms with Crippen molar-refractivity contribution in [1.29, 1.82) is 0 Å². The first-order valence-electron chi connectivity index (χ1n) is 3.96. The highest BCUT2D eigenvalue weighted by Gasteiger charge is 2.01. The summed E-state index contributed by atoms with van der Waals surface area (Å²) in [6.07, 6.45) is 3.17. The first-order valence-corrected chi connectivity index (χ1v) is 4.34. The second-order valence-electron chi connectivity index (χ2n) is 2.72. The summed E-state index contributed by atoms with van der Waals surface area (Å²) < 4.78 is 12.8. The van der Waals surface area contributed by atoms with E-state index in [0.717, 1.165) is 5.82 Å². The number of halogens is 2. The van der Waals surface area contributed by atoms with Gasteiger partial charge in [-0.2, -0.15) is 0 Å². The standard InChI is InChI=1S/C9H7ClFN3/c10-7-3-6(1-2-8(7)11)14-9-4-12-5-13-9/h1-5,14H,(H,12,13). The van der Waals surface area contributed by atoms with Crippen LogP contribution in [0.3, 0.4) is 0 Å². The maximum Gasteiger partial charge on any atom is 0.141 e. The van der Waals surface area contributed by atoms with Crippen LogP contribution in [0, 0.1) is 5.82 Å². The third-order valence-corrected chi connectivity index (χ3v) is 1.99. The van der Waals surface area contributed by atoms with E-state index < -0.39 is 5.82 Å². The Labute approximate surface area is 84.9 Å². The van der Waals surface area contributed by atoms with Gasteiger partial charge in [0.25, 0.3) is 0 Å². The number of nitrogens with zero attached hydrogens (tertiary/aromatic N) is 1. The lowest BCUT2D eigenvalue weighted by atomic mass is 10.3. The minimum Gasteiger partial charge on any atom is -0.340 e. The van der Waals surface area contributed by atoms with Crippen LogP contribution >= 0.6 is 11.6 Å². The van der Waals surface area contributed by atoms with E-state index in [4.69, 9.17) is 11.6 Å². The van der Waals surface area contributed by atoms with Gasteiger partial charge < -0.3 is 10.3 Å². The second-order valence-corrected chi connectivity index (χ2v) is 3.13. The molecule has 1 aromatic heterocycles. The Kier molecular flexibility index (Phi) is 2.37. The number of anilines is 2. The van der Waals surface area contributed by atoms with Gasteiger partial charge in [0.2, 0.25) is 0 Å². The fourth-order valence-corrected chi connectivity index (χ4v) is 1.23. The molecule has 3 nitrogen and oxygen atoms in total. The number of rotatable bonds is 2. The van der Waals surface area contributed by atoms with Crippen LogP contribution in [-0.2, 0) is 0 Å². The molecule has 1 aromatic carbocycles. The molecule has 0 saturated heterocycles. The summed E-state index contributed by atoms with van der Waals surface area (Å²) in [6, 6.07) is 4.42. The molecular weight excluding hydrogens is 205 g/mol. The van der Waals surface area contributed by atoms with Gasteiger partial charge in [-0.05, 0) is 18.2 Å². The normalized spacial score (nSPS) is 10.1. The predicted octanol–water partition coefficient (Wildman–Crippen LogP) is 2.95. The highest BCUT2D eigenvalue weighted by atomic mass is 35.5. The quantitative estimate of drug-likeness (QED) is 0.802. The Morgan fingerprint density at radius 1 is 1.43 bits per heavy atom. The summed E-state index contributed by atoms with van der Waals surface area (Å²) in [7, 11) is 0. The van der Waals surface area contributed by atoms with Gasteiger partial charge >= 0.3 is 0 Å². The number of aromatic amines is 1. The van der Waals surface area contributed by atoms with Gasteiger partial charge in [-0.1, -0.05) is 11.6 Å². The van der Waals surface area contributed by atoms with Crippen molar-refractivity contribution >= 4 is 23.1 Å². The van der Waals surface area contributed by atoms with Crippen molar-refractivity contribution in [3.8, 4) is 0 Å². The van der Waals surface area contributed by atoms with Crippen LogP contribution in [0.15, 0.2) is 30.7 Å². The fourth-order valence-electron chi connectivity index (χ4n) is 1.05. The SMILES string of the molecule is Fc1ccc(Nc2cnc[nH]2)cc1Cl. The van der Waals surface area contributed by atoms with Crippen molar-refractivity contribution in [3.05, 3.63) is 41.6 Å². The zero-order valence-corrected chi connectivity index (χ0v) is 7.85. The van der Waals surface area contributed by atoms with E-state index in [1.54, 1.807) is 18.6 Å². The van der Waals surface area contributed by atoms with Crippen molar-refractivity contribution in [2.24, 2.45) is 0 Å². The monoisotopic (exact) mass is 211 g/mol. The topological polar surface area (TPSA) is 40.7 Å². The lowest BCUT2D eigenvalue weighted by Crippen LogP contribution is -1.90. The maximum absolute atomic E-state index is 12.8. The lowest BCUT2D eigenvalue weighted by Gasteiger charge is -2.03. The smallest absolute Gasteiger partial charge is 0.141 e. The average Bonchev–Trinajstić information content (AvgIpc) is 2.64. The van der Waals surface area contributed by atoms with E-state index >= 15 is 0 Å². The van der Waals surface area contributed by atoms with Crippen LogP contribution in [0.1, 0.15) is 0 Å². The number of benzene rings is 1. The number of imidazole rings is 1. The minimum atomic E-state index is -0.429. The third kappa shape index (κ3) is 1.85. The summed E-state index contributed by atoms with van der Waals surface area (Å²) in [5.74, 6) is 0.300. The number of nitrogens with one attached hydrogen (secondary N) is 2. The number of aromatic nitrogens is 2. The van der Waals surface area contributed by atoms with Gasteiger partial charge in [0.15, 0.2) is 0 Å². The molecule has 0 unspecified atom stereocenters. The predicted molar refractivity (Wildman–Crippen MR) is 53.3 cm³/mol. The van der Waals surface area contributed by atoms with Crippen LogP contribution in [0.2, 0.25) is 5.02 Å². The van der Waals surface area contributed by atoms with Crippen LogP contribution in [-0.4, -0.2) is 9.97 Å². The molecule has 2 rings (SSSR count). The largest absolute Gasteiger partial charge is 0.340 e. The van der Waals surface area contributed by atoms with Crippen molar-refractivity contribution in [3.63, 3.8) is 0 Å². The molecule has 0 spiro atoms. The summed E-state index contributed by atoms with van der Waals surface area (Å²) in [4.78, 5) is 6.69. The van der Waals surface area contributed by atoms with Gasteiger partial charge in [-0.3, -0.25) is 0 Å². The van der Waals surface area contributed by atoms with Crippen molar-refractivity contribution in [2.75, 3.05) is 5.32 Å². The Morgan fingerprint density at radius 3 is 2.93 bits per heavy atom. The third-order valence-electron chi connectivity index (χ3n) is 1.70. The molecule has 0 atom stereocenters. The fraction of sp³-hybridized carbons (Fsp3) is 0. The van der Waals surface area contributed by atoms with E-state index in [1.807, 2.05) is 0 Å². The molecule has 72 valence electrons. The Hall–Kier alpha value is -1.55. The first-order chi connectivity index (χ1) is 6.75. The second kappa shape index (κ2) is 3.67. The summed E-state index contributed by atoms with van der Waals surface area (Å²) in [5.41, 5.74) is 0.709. The summed E-state index contributed by atoms with van der Waals surface area (Å²) >= 11 is 5.61. The number of hydrogen-bond acceptors (Lipinski definition) is 2. The molecule has 0 aliphatic carbocycles. The van der Waals surface area contributed by atoms with Gasteiger partial charge in [0.05, 0.1) is 17.5 Å².